The smallest absolute Gasteiger partial charge is 0.164 e. The Hall–Kier alpha value is -1.57. The van der Waals surface area contributed by atoms with Crippen LogP contribution in [0.2, 0.25) is 0 Å². The van der Waals surface area contributed by atoms with E-state index in [1.54, 1.807) is 6.08 Å². The number of allylic oxidation sites excluding steroid dienone is 1. The average molecular weight is 215 g/mol. The Morgan fingerprint density at radius 3 is 2.56 bits per heavy atom. The van der Waals surface area contributed by atoms with Gasteiger partial charge < -0.3 is 4.90 Å². The average Bonchev–Trinajstić information content (AvgIpc) is 2.25. The van der Waals surface area contributed by atoms with Crippen LogP contribution >= 0.6 is 0 Å². The molecule has 1 aromatic rings. The molecular formula is C14H17NO. The van der Waals surface area contributed by atoms with Crippen LogP contribution < -0.4 is 0 Å². The maximum Gasteiger partial charge on any atom is 0.164 e. The SMILES string of the molecule is CC1(C)CN(Cc2ccccc2)C=CC1=O. The Kier molecular flexibility index (Phi) is 2.82. The monoisotopic (exact) mass is 215 g/mol. The van der Waals surface area contributed by atoms with Crippen molar-refractivity contribution < 1.29 is 4.79 Å². The number of hydrogen-bond donors (Lipinski definition) is 0. The third kappa shape index (κ3) is 2.32. The summed E-state index contributed by atoms with van der Waals surface area (Å²) in [6, 6.07) is 10.3. The summed E-state index contributed by atoms with van der Waals surface area (Å²) in [5, 5.41) is 0. The van der Waals surface area contributed by atoms with Gasteiger partial charge in [-0.15, -0.1) is 0 Å². The molecule has 0 saturated carbocycles. The maximum absolute atomic E-state index is 11.6. The zero-order valence-corrected chi connectivity index (χ0v) is 9.81. The van der Waals surface area contributed by atoms with Crippen molar-refractivity contribution >= 4 is 5.78 Å². The Morgan fingerprint density at radius 1 is 1.25 bits per heavy atom. The van der Waals surface area contributed by atoms with Crippen LogP contribution in [0.3, 0.4) is 0 Å². The standard InChI is InChI=1S/C14H17NO/c1-14(2)11-15(9-8-13(14)16)10-12-6-4-3-5-7-12/h3-9H,10-11H2,1-2H3. The van der Waals surface area contributed by atoms with Crippen LogP contribution in [-0.2, 0) is 11.3 Å². The largest absolute Gasteiger partial charge is 0.372 e. The van der Waals surface area contributed by atoms with Crippen LogP contribution in [0.4, 0.5) is 0 Å². The molecule has 84 valence electrons. The summed E-state index contributed by atoms with van der Waals surface area (Å²) in [4.78, 5) is 13.8. The fourth-order valence-electron chi connectivity index (χ4n) is 1.96. The van der Waals surface area contributed by atoms with Gasteiger partial charge in [-0.25, -0.2) is 0 Å². The molecule has 0 fully saturated rings. The van der Waals surface area contributed by atoms with Gasteiger partial charge in [0.1, 0.15) is 0 Å². The molecule has 2 heteroatoms. The molecule has 0 atom stereocenters. The second kappa shape index (κ2) is 4.12. The van der Waals surface area contributed by atoms with Gasteiger partial charge >= 0.3 is 0 Å². The van der Waals surface area contributed by atoms with Gasteiger partial charge in [0, 0.05) is 24.7 Å². The van der Waals surface area contributed by atoms with Crippen molar-refractivity contribution in [2.45, 2.75) is 20.4 Å². The first-order valence-electron chi connectivity index (χ1n) is 5.58. The summed E-state index contributed by atoms with van der Waals surface area (Å²) in [5.41, 5.74) is 1.01. The van der Waals surface area contributed by atoms with Gasteiger partial charge in [0.25, 0.3) is 0 Å². The van der Waals surface area contributed by atoms with E-state index in [0.717, 1.165) is 13.1 Å². The molecule has 1 aliphatic heterocycles. The lowest BCUT2D eigenvalue weighted by molar-refractivity contribution is -0.123. The predicted octanol–water partition coefficient (Wildman–Crippen LogP) is 2.61. The second-order valence-electron chi connectivity index (χ2n) is 4.95. The van der Waals surface area contributed by atoms with E-state index in [1.807, 2.05) is 38.2 Å². The summed E-state index contributed by atoms with van der Waals surface area (Å²) >= 11 is 0. The molecular weight excluding hydrogens is 198 g/mol. The quantitative estimate of drug-likeness (QED) is 0.755. The highest BCUT2D eigenvalue weighted by molar-refractivity contribution is 5.95. The minimum atomic E-state index is -0.260. The Labute approximate surface area is 96.6 Å². The topological polar surface area (TPSA) is 20.3 Å². The first-order valence-corrected chi connectivity index (χ1v) is 5.58. The van der Waals surface area contributed by atoms with Gasteiger partial charge in [-0.1, -0.05) is 44.2 Å². The molecule has 1 heterocycles. The van der Waals surface area contributed by atoms with Crippen LogP contribution in [-0.4, -0.2) is 17.2 Å². The number of carbonyl (C=O) groups excluding carboxylic acids is 1. The highest BCUT2D eigenvalue weighted by Crippen LogP contribution is 2.24. The molecule has 2 nitrogen and oxygen atoms in total. The fourth-order valence-corrected chi connectivity index (χ4v) is 1.96. The van der Waals surface area contributed by atoms with Crippen molar-refractivity contribution in [2.75, 3.05) is 6.54 Å². The summed E-state index contributed by atoms with van der Waals surface area (Å²) in [6.07, 6.45) is 3.59. The lowest BCUT2D eigenvalue weighted by Crippen LogP contribution is -2.39. The molecule has 0 N–H and O–H groups in total. The van der Waals surface area contributed by atoms with Gasteiger partial charge in [0.05, 0.1) is 0 Å². The minimum Gasteiger partial charge on any atom is -0.372 e. The van der Waals surface area contributed by atoms with Crippen LogP contribution in [0, 0.1) is 5.41 Å². The normalized spacial score (nSPS) is 18.9. The first kappa shape index (κ1) is 10.9. The van der Waals surface area contributed by atoms with Gasteiger partial charge in [-0.05, 0) is 11.6 Å². The van der Waals surface area contributed by atoms with Crippen molar-refractivity contribution in [1.82, 2.24) is 4.90 Å². The summed E-state index contributed by atoms with van der Waals surface area (Å²) in [6.45, 7) is 5.65. The lowest BCUT2D eigenvalue weighted by atomic mass is 9.85. The van der Waals surface area contributed by atoms with E-state index >= 15 is 0 Å². The predicted molar refractivity (Wildman–Crippen MR) is 64.8 cm³/mol. The maximum atomic E-state index is 11.6. The zero-order valence-electron chi connectivity index (χ0n) is 9.81. The first-order chi connectivity index (χ1) is 7.58. The molecule has 0 bridgehead atoms. The summed E-state index contributed by atoms with van der Waals surface area (Å²) in [5.74, 6) is 0.219. The molecule has 0 amide bonds. The highest BCUT2D eigenvalue weighted by atomic mass is 16.1. The van der Waals surface area contributed by atoms with Crippen molar-refractivity contribution in [3.05, 3.63) is 48.2 Å². The molecule has 0 radical (unpaired) electrons. The van der Waals surface area contributed by atoms with Crippen LogP contribution in [0.25, 0.3) is 0 Å². The Bertz CT molecular complexity index is 406. The van der Waals surface area contributed by atoms with E-state index in [-0.39, 0.29) is 11.2 Å². The molecule has 0 saturated heterocycles. The van der Waals surface area contributed by atoms with Crippen molar-refractivity contribution in [3.63, 3.8) is 0 Å². The molecule has 1 aromatic carbocycles. The number of carbonyl (C=O) groups is 1. The summed E-state index contributed by atoms with van der Waals surface area (Å²) < 4.78 is 0. The lowest BCUT2D eigenvalue weighted by Gasteiger charge is -2.33. The highest BCUT2D eigenvalue weighted by Gasteiger charge is 2.30. The van der Waals surface area contributed by atoms with E-state index < -0.39 is 0 Å². The zero-order chi connectivity index (χ0) is 11.6. The van der Waals surface area contributed by atoms with E-state index in [9.17, 15) is 4.79 Å². The summed E-state index contributed by atoms with van der Waals surface area (Å²) in [7, 11) is 0. The third-order valence-corrected chi connectivity index (χ3v) is 2.93. The minimum absolute atomic E-state index is 0.219. The van der Waals surface area contributed by atoms with Crippen molar-refractivity contribution in [2.24, 2.45) is 5.41 Å². The molecule has 0 spiro atoms. The number of nitrogens with zero attached hydrogens (tertiary/aromatic N) is 1. The number of hydrogen-bond acceptors (Lipinski definition) is 2. The molecule has 0 aliphatic carbocycles. The van der Waals surface area contributed by atoms with Crippen LogP contribution in [0.15, 0.2) is 42.6 Å². The van der Waals surface area contributed by atoms with Gasteiger partial charge in [0.2, 0.25) is 0 Å². The van der Waals surface area contributed by atoms with Crippen LogP contribution in [0.1, 0.15) is 19.4 Å². The molecule has 0 aromatic heterocycles. The van der Waals surface area contributed by atoms with Gasteiger partial charge in [0.15, 0.2) is 5.78 Å². The van der Waals surface area contributed by atoms with Gasteiger partial charge in [-0.3, -0.25) is 4.79 Å². The van der Waals surface area contributed by atoms with Crippen molar-refractivity contribution in [1.29, 1.82) is 0 Å². The molecule has 0 unspecified atom stereocenters. The number of ketones is 1. The number of benzene rings is 1. The Balaban J connectivity index is 2.08. The fraction of sp³-hybridized carbons (Fsp3) is 0.357. The van der Waals surface area contributed by atoms with E-state index in [4.69, 9.17) is 0 Å². The number of rotatable bonds is 2. The van der Waals surface area contributed by atoms with Crippen molar-refractivity contribution in [3.8, 4) is 0 Å². The van der Waals surface area contributed by atoms with Gasteiger partial charge in [-0.2, -0.15) is 0 Å². The molecule has 2 rings (SSSR count). The second-order valence-corrected chi connectivity index (χ2v) is 4.95. The molecule has 1 aliphatic rings. The third-order valence-electron chi connectivity index (χ3n) is 2.93. The van der Waals surface area contributed by atoms with Crippen LogP contribution in [0.5, 0.6) is 0 Å². The molecule has 16 heavy (non-hydrogen) atoms. The Morgan fingerprint density at radius 2 is 1.94 bits per heavy atom. The van der Waals surface area contributed by atoms with E-state index in [1.165, 1.54) is 5.56 Å². The van der Waals surface area contributed by atoms with E-state index in [0.29, 0.717) is 0 Å². The van der Waals surface area contributed by atoms with E-state index in [2.05, 4.69) is 17.0 Å².